The highest BCUT2D eigenvalue weighted by molar-refractivity contribution is 5.94. The molecule has 0 saturated heterocycles. The highest BCUT2D eigenvalue weighted by Gasteiger charge is 2.37. The van der Waals surface area contributed by atoms with Gasteiger partial charge in [-0.2, -0.15) is 0 Å². The van der Waals surface area contributed by atoms with Gasteiger partial charge in [-0.25, -0.2) is 4.98 Å². The zero-order valence-electron chi connectivity index (χ0n) is 24.3. The minimum Gasteiger partial charge on any atom is -0.374 e. The van der Waals surface area contributed by atoms with Crippen LogP contribution in [0.3, 0.4) is 0 Å². The number of carbonyl (C=O) groups excluding carboxylic acids is 4. The second-order valence-corrected chi connectivity index (χ2v) is 11.0. The van der Waals surface area contributed by atoms with E-state index in [0.717, 1.165) is 11.3 Å². The van der Waals surface area contributed by atoms with Crippen molar-refractivity contribution in [2.24, 2.45) is 5.41 Å². The number of carbonyl (C=O) groups is 4. The van der Waals surface area contributed by atoms with E-state index >= 15 is 0 Å². The van der Waals surface area contributed by atoms with Crippen molar-refractivity contribution in [3.8, 4) is 0 Å². The minimum absolute atomic E-state index is 0.0269. The summed E-state index contributed by atoms with van der Waals surface area (Å²) in [4.78, 5) is 62.2. The molecule has 1 aromatic carbocycles. The van der Waals surface area contributed by atoms with Gasteiger partial charge in [0.05, 0.1) is 32.1 Å². The normalized spacial score (nSPS) is 16.8. The standard InChI is InChI=1S/C29H41N7O5/c1-20(30-5)26(38)34-25(29(2,3)4)27(39)32-16-24(37)36-14-13-35(12-11-22-15-31-19-33-22)28(40)23(36)18-41-17-21-9-7-6-8-10-21/h6-10,13-15,19-20,23,25,30H,11-12,16-18H2,1-5H3,(H,31,33)(H,32,39)(H,34,38)/t20-,23-,25+/m0/s1. The topological polar surface area (TPSA) is 149 Å². The lowest BCUT2D eigenvalue weighted by atomic mass is 9.86. The molecule has 3 atom stereocenters. The van der Waals surface area contributed by atoms with E-state index < -0.39 is 35.4 Å². The molecule has 4 N–H and O–H groups in total. The van der Waals surface area contributed by atoms with Crippen LogP contribution in [0, 0.1) is 5.41 Å². The fourth-order valence-electron chi connectivity index (χ4n) is 4.19. The first kappa shape index (κ1) is 31.5. The molecular formula is C29H41N7O5. The van der Waals surface area contributed by atoms with Crippen LogP contribution in [0.15, 0.2) is 55.3 Å². The van der Waals surface area contributed by atoms with Gasteiger partial charge in [0.1, 0.15) is 12.1 Å². The number of H-pyrrole nitrogens is 1. The third-order valence-corrected chi connectivity index (χ3v) is 6.82. The number of nitrogens with zero attached hydrogens (tertiary/aromatic N) is 3. The Kier molecular flexibility index (Phi) is 11.2. The second kappa shape index (κ2) is 14.6. The summed E-state index contributed by atoms with van der Waals surface area (Å²) in [6.07, 6.45) is 6.93. The summed E-state index contributed by atoms with van der Waals surface area (Å²) < 4.78 is 5.86. The van der Waals surface area contributed by atoms with Crippen LogP contribution in [0.25, 0.3) is 0 Å². The smallest absolute Gasteiger partial charge is 0.252 e. The van der Waals surface area contributed by atoms with Gasteiger partial charge in [0.25, 0.3) is 5.91 Å². The van der Waals surface area contributed by atoms with Crippen LogP contribution < -0.4 is 16.0 Å². The molecule has 0 spiro atoms. The number of hydrogen-bond acceptors (Lipinski definition) is 7. The summed E-state index contributed by atoms with van der Waals surface area (Å²) in [6, 6.07) is 7.25. The summed E-state index contributed by atoms with van der Waals surface area (Å²) in [6.45, 7) is 7.45. The summed E-state index contributed by atoms with van der Waals surface area (Å²) in [7, 11) is 1.65. The number of aromatic amines is 1. The molecule has 3 rings (SSSR count). The van der Waals surface area contributed by atoms with E-state index in [9.17, 15) is 19.2 Å². The monoisotopic (exact) mass is 567 g/mol. The molecule has 1 aromatic heterocycles. The number of nitrogens with one attached hydrogen (secondary N) is 4. The van der Waals surface area contributed by atoms with Crippen molar-refractivity contribution in [1.82, 2.24) is 35.7 Å². The predicted molar refractivity (Wildman–Crippen MR) is 153 cm³/mol. The quantitative estimate of drug-likeness (QED) is 0.281. The molecule has 0 radical (unpaired) electrons. The van der Waals surface area contributed by atoms with Gasteiger partial charge in [-0.1, -0.05) is 51.1 Å². The lowest BCUT2D eigenvalue weighted by Gasteiger charge is -2.36. The van der Waals surface area contributed by atoms with Crippen molar-refractivity contribution in [1.29, 1.82) is 0 Å². The summed E-state index contributed by atoms with van der Waals surface area (Å²) in [5.74, 6) is -1.59. The van der Waals surface area contributed by atoms with Gasteiger partial charge >= 0.3 is 0 Å². The largest absolute Gasteiger partial charge is 0.374 e. The van der Waals surface area contributed by atoms with E-state index in [1.54, 1.807) is 37.6 Å². The Labute approximate surface area is 240 Å². The van der Waals surface area contributed by atoms with Crippen molar-refractivity contribution >= 4 is 23.6 Å². The molecule has 0 unspecified atom stereocenters. The number of aromatic nitrogens is 2. The first-order chi connectivity index (χ1) is 19.5. The maximum Gasteiger partial charge on any atom is 0.252 e. The van der Waals surface area contributed by atoms with Crippen LogP contribution in [0.4, 0.5) is 0 Å². The van der Waals surface area contributed by atoms with Crippen LogP contribution in [0.1, 0.15) is 39.0 Å². The van der Waals surface area contributed by atoms with Crippen molar-refractivity contribution in [2.45, 2.75) is 58.8 Å². The van der Waals surface area contributed by atoms with Gasteiger partial charge in [-0.15, -0.1) is 0 Å². The number of amides is 4. The van der Waals surface area contributed by atoms with Gasteiger partial charge in [0, 0.05) is 37.3 Å². The molecule has 4 amide bonds. The molecule has 222 valence electrons. The highest BCUT2D eigenvalue weighted by Crippen LogP contribution is 2.20. The lowest BCUT2D eigenvalue weighted by Crippen LogP contribution is -2.58. The van der Waals surface area contributed by atoms with E-state index in [4.69, 9.17) is 4.74 Å². The van der Waals surface area contributed by atoms with E-state index in [2.05, 4.69) is 25.9 Å². The third-order valence-electron chi connectivity index (χ3n) is 6.82. The van der Waals surface area contributed by atoms with Gasteiger partial charge in [-0.05, 0) is 24.9 Å². The minimum atomic E-state index is -0.913. The number of likely N-dealkylation sites (N-methyl/N-ethyl adjacent to an activating group) is 1. The Balaban J connectivity index is 1.69. The molecule has 41 heavy (non-hydrogen) atoms. The molecule has 0 saturated carbocycles. The lowest BCUT2D eigenvalue weighted by molar-refractivity contribution is -0.146. The van der Waals surface area contributed by atoms with E-state index in [-0.39, 0.29) is 31.6 Å². The summed E-state index contributed by atoms with van der Waals surface area (Å²) in [5, 5.41) is 8.25. The Morgan fingerprint density at radius 3 is 2.49 bits per heavy atom. The molecule has 2 heterocycles. The fraction of sp³-hybridized carbons (Fsp3) is 0.483. The van der Waals surface area contributed by atoms with Gasteiger partial charge < -0.3 is 35.5 Å². The van der Waals surface area contributed by atoms with Crippen LogP contribution in [0.2, 0.25) is 0 Å². The van der Waals surface area contributed by atoms with E-state index in [1.165, 1.54) is 11.1 Å². The first-order valence-corrected chi connectivity index (χ1v) is 13.7. The molecule has 12 heteroatoms. The summed E-state index contributed by atoms with van der Waals surface area (Å²) >= 11 is 0. The van der Waals surface area contributed by atoms with E-state index in [0.29, 0.717) is 13.0 Å². The Hall–Kier alpha value is -4.03. The van der Waals surface area contributed by atoms with Crippen LogP contribution in [0.5, 0.6) is 0 Å². The van der Waals surface area contributed by atoms with Crippen LogP contribution in [-0.2, 0) is 36.9 Å². The van der Waals surface area contributed by atoms with Gasteiger partial charge in [0.15, 0.2) is 0 Å². The van der Waals surface area contributed by atoms with Crippen LogP contribution in [-0.4, -0.2) is 88.3 Å². The van der Waals surface area contributed by atoms with Gasteiger partial charge in [-0.3, -0.25) is 19.2 Å². The average molecular weight is 568 g/mol. The number of imidazole rings is 1. The maximum absolute atomic E-state index is 13.5. The molecule has 1 aliphatic rings. The predicted octanol–water partition coefficient (Wildman–Crippen LogP) is 0.935. The van der Waals surface area contributed by atoms with Crippen molar-refractivity contribution < 1.29 is 23.9 Å². The Morgan fingerprint density at radius 2 is 1.85 bits per heavy atom. The zero-order chi connectivity index (χ0) is 30.0. The van der Waals surface area contributed by atoms with Crippen molar-refractivity contribution in [2.75, 3.05) is 26.7 Å². The number of ether oxygens (including phenoxy) is 1. The molecule has 0 fully saturated rings. The first-order valence-electron chi connectivity index (χ1n) is 13.7. The SMILES string of the molecule is CN[C@@H](C)C(=O)N[C@H](C(=O)NCC(=O)N1C=CN(CCc2cnc[nH]2)C(=O)[C@@H]1COCc1ccccc1)C(C)(C)C. The highest BCUT2D eigenvalue weighted by atomic mass is 16.5. The molecule has 0 bridgehead atoms. The zero-order valence-corrected chi connectivity index (χ0v) is 24.3. The Bertz CT molecular complexity index is 1190. The fourth-order valence-corrected chi connectivity index (χ4v) is 4.19. The molecule has 1 aliphatic heterocycles. The Morgan fingerprint density at radius 1 is 1.12 bits per heavy atom. The van der Waals surface area contributed by atoms with Crippen molar-refractivity contribution in [3.05, 3.63) is 66.5 Å². The van der Waals surface area contributed by atoms with E-state index in [1.807, 2.05) is 51.1 Å². The molecule has 12 nitrogen and oxygen atoms in total. The third kappa shape index (κ3) is 8.98. The molecule has 0 aliphatic carbocycles. The van der Waals surface area contributed by atoms with Gasteiger partial charge in [0.2, 0.25) is 17.7 Å². The molecule has 2 aromatic rings. The number of benzene rings is 1. The molecular weight excluding hydrogens is 526 g/mol. The van der Waals surface area contributed by atoms with Crippen molar-refractivity contribution in [3.63, 3.8) is 0 Å². The summed E-state index contributed by atoms with van der Waals surface area (Å²) in [5.41, 5.74) is 1.21. The maximum atomic E-state index is 13.5. The van der Waals surface area contributed by atoms with Crippen LogP contribution >= 0.6 is 0 Å². The average Bonchev–Trinajstić information content (AvgIpc) is 3.47. The number of hydrogen-bond donors (Lipinski definition) is 4. The number of rotatable bonds is 13. The second-order valence-electron chi connectivity index (χ2n) is 11.0.